The van der Waals surface area contributed by atoms with Gasteiger partial charge in [-0.1, -0.05) is 13.8 Å². The molecule has 0 spiro atoms. The molecule has 176 valence electrons. The van der Waals surface area contributed by atoms with E-state index in [4.69, 9.17) is 9.47 Å². The molecule has 0 unspecified atom stereocenters. The van der Waals surface area contributed by atoms with Crippen LogP contribution in [0.2, 0.25) is 0 Å². The number of amides is 1. The predicted molar refractivity (Wildman–Crippen MR) is 138 cm³/mol. The zero-order valence-corrected chi connectivity index (χ0v) is 21.6. The Labute approximate surface area is 204 Å². The van der Waals surface area contributed by atoms with Crippen LogP contribution in [0.1, 0.15) is 47.0 Å². The Balaban J connectivity index is 0.00000480. The van der Waals surface area contributed by atoms with Crippen molar-refractivity contribution in [3.8, 4) is 5.75 Å². The summed E-state index contributed by atoms with van der Waals surface area (Å²) in [5.74, 6) is 2.46. The summed E-state index contributed by atoms with van der Waals surface area (Å²) in [4.78, 5) is 16.4. The molecule has 1 aliphatic rings. The zero-order valence-electron chi connectivity index (χ0n) is 19.3. The highest BCUT2D eigenvalue weighted by molar-refractivity contribution is 14.0. The van der Waals surface area contributed by atoms with Gasteiger partial charge >= 0.3 is 0 Å². The highest BCUT2D eigenvalue weighted by atomic mass is 127. The Hall–Kier alpha value is -1.55. The van der Waals surface area contributed by atoms with E-state index in [0.717, 1.165) is 37.3 Å². The van der Waals surface area contributed by atoms with E-state index in [2.05, 4.69) is 34.8 Å². The van der Waals surface area contributed by atoms with Crippen LogP contribution in [0.5, 0.6) is 5.75 Å². The van der Waals surface area contributed by atoms with Gasteiger partial charge in [-0.25, -0.2) is 0 Å². The number of hydrogen-bond acceptors (Lipinski definition) is 4. The zero-order chi connectivity index (χ0) is 21.8. The van der Waals surface area contributed by atoms with E-state index < -0.39 is 0 Å². The van der Waals surface area contributed by atoms with Crippen molar-refractivity contribution < 1.29 is 14.3 Å². The van der Waals surface area contributed by atoms with Crippen molar-refractivity contribution in [1.29, 1.82) is 0 Å². The quantitative estimate of drug-likeness (QED) is 0.151. The van der Waals surface area contributed by atoms with Gasteiger partial charge in [0, 0.05) is 44.5 Å². The van der Waals surface area contributed by atoms with Gasteiger partial charge in [0.05, 0.1) is 6.10 Å². The Morgan fingerprint density at radius 2 is 1.77 bits per heavy atom. The lowest BCUT2D eigenvalue weighted by Crippen LogP contribution is -2.38. The molecule has 1 aromatic carbocycles. The van der Waals surface area contributed by atoms with Gasteiger partial charge in [0.2, 0.25) is 5.91 Å². The molecule has 1 amide bonds. The first kappa shape index (κ1) is 27.5. The van der Waals surface area contributed by atoms with Crippen molar-refractivity contribution in [2.75, 3.05) is 38.2 Å². The second-order valence-corrected chi connectivity index (χ2v) is 8.36. The summed E-state index contributed by atoms with van der Waals surface area (Å²) >= 11 is 0. The average molecular weight is 546 g/mol. The van der Waals surface area contributed by atoms with Gasteiger partial charge in [-0.15, -0.1) is 24.0 Å². The molecule has 2 rings (SSSR count). The molecule has 1 saturated carbocycles. The number of halogens is 1. The molecule has 0 atom stereocenters. The fraction of sp³-hybridized carbons (Fsp3) is 0.652. The van der Waals surface area contributed by atoms with Gasteiger partial charge in [-0.05, 0) is 63.3 Å². The van der Waals surface area contributed by atoms with E-state index in [9.17, 15) is 4.79 Å². The van der Waals surface area contributed by atoms with E-state index in [1.807, 2.05) is 38.1 Å². The SMILES string of the molecule is CC(C)COCCCN=C(NCCNC(=O)C1CC1)Nc1ccc(OC(C)C)cc1.I. The monoisotopic (exact) mass is 546 g/mol. The van der Waals surface area contributed by atoms with Gasteiger partial charge in [-0.2, -0.15) is 0 Å². The first-order valence-electron chi connectivity index (χ1n) is 11.1. The van der Waals surface area contributed by atoms with Crippen LogP contribution in [-0.4, -0.2) is 50.8 Å². The Morgan fingerprint density at radius 3 is 2.39 bits per heavy atom. The van der Waals surface area contributed by atoms with Gasteiger partial charge in [0.15, 0.2) is 5.96 Å². The maximum absolute atomic E-state index is 11.8. The van der Waals surface area contributed by atoms with Crippen molar-refractivity contribution >= 4 is 41.5 Å². The molecule has 3 N–H and O–H groups in total. The third-order valence-corrected chi connectivity index (χ3v) is 4.32. The lowest BCUT2D eigenvalue weighted by molar-refractivity contribution is -0.122. The van der Waals surface area contributed by atoms with Crippen LogP contribution in [0.3, 0.4) is 0 Å². The molecule has 1 aliphatic carbocycles. The maximum Gasteiger partial charge on any atom is 0.223 e. The molecule has 1 fully saturated rings. The van der Waals surface area contributed by atoms with E-state index in [0.29, 0.717) is 38.1 Å². The van der Waals surface area contributed by atoms with Crippen LogP contribution in [0, 0.1) is 11.8 Å². The number of nitrogens with zero attached hydrogens (tertiary/aromatic N) is 1. The number of carbonyl (C=O) groups excluding carboxylic acids is 1. The number of aliphatic imine (C=N–C) groups is 1. The van der Waals surface area contributed by atoms with Gasteiger partial charge in [-0.3, -0.25) is 9.79 Å². The molecular formula is C23H39IN4O3. The highest BCUT2D eigenvalue weighted by Gasteiger charge is 2.28. The van der Waals surface area contributed by atoms with Crippen LogP contribution in [0.4, 0.5) is 5.69 Å². The van der Waals surface area contributed by atoms with Crippen molar-refractivity contribution in [3.63, 3.8) is 0 Å². The Kier molecular flexibility index (Phi) is 13.6. The molecule has 0 radical (unpaired) electrons. The van der Waals surface area contributed by atoms with Crippen LogP contribution in [-0.2, 0) is 9.53 Å². The van der Waals surface area contributed by atoms with Gasteiger partial charge < -0.3 is 25.4 Å². The lowest BCUT2D eigenvalue weighted by Gasteiger charge is -2.14. The summed E-state index contributed by atoms with van der Waals surface area (Å²) in [5.41, 5.74) is 0.926. The summed E-state index contributed by atoms with van der Waals surface area (Å²) in [6.45, 7) is 11.6. The van der Waals surface area contributed by atoms with Crippen LogP contribution >= 0.6 is 24.0 Å². The Morgan fingerprint density at radius 1 is 1.10 bits per heavy atom. The fourth-order valence-corrected chi connectivity index (χ4v) is 2.70. The normalized spacial score (nSPS) is 13.7. The van der Waals surface area contributed by atoms with Crippen molar-refractivity contribution in [2.24, 2.45) is 16.8 Å². The number of rotatable bonds is 13. The summed E-state index contributed by atoms with van der Waals surface area (Å²) < 4.78 is 11.3. The number of anilines is 1. The van der Waals surface area contributed by atoms with Crippen molar-refractivity contribution in [1.82, 2.24) is 10.6 Å². The minimum absolute atomic E-state index is 0. The highest BCUT2D eigenvalue weighted by Crippen LogP contribution is 2.28. The first-order valence-corrected chi connectivity index (χ1v) is 11.1. The number of guanidine groups is 1. The van der Waals surface area contributed by atoms with Gasteiger partial charge in [0.1, 0.15) is 5.75 Å². The second-order valence-electron chi connectivity index (χ2n) is 8.36. The Bertz CT molecular complexity index is 661. The molecule has 8 heteroatoms. The number of ether oxygens (including phenoxy) is 2. The number of hydrogen-bond donors (Lipinski definition) is 3. The molecule has 31 heavy (non-hydrogen) atoms. The number of carbonyl (C=O) groups is 1. The predicted octanol–water partition coefficient (Wildman–Crippen LogP) is 4.04. The molecule has 0 bridgehead atoms. The summed E-state index contributed by atoms with van der Waals surface area (Å²) in [7, 11) is 0. The topological polar surface area (TPSA) is 84.0 Å². The smallest absolute Gasteiger partial charge is 0.223 e. The van der Waals surface area contributed by atoms with Crippen LogP contribution < -0.4 is 20.7 Å². The standard InChI is InChI=1S/C23H38N4O3.HI/c1-17(2)16-29-15-5-12-25-23(26-14-13-24-22(28)19-6-7-19)27-20-8-10-21(11-9-20)30-18(3)4;/h8-11,17-19H,5-7,12-16H2,1-4H3,(H,24,28)(H2,25,26,27);1H. The lowest BCUT2D eigenvalue weighted by atomic mass is 10.2. The van der Waals surface area contributed by atoms with E-state index in [-0.39, 0.29) is 41.9 Å². The first-order chi connectivity index (χ1) is 14.4. The third kappa shape index (κ3) is 12.8. The largest absolute Gasteiger partial charge is 0.491 e. The van der Waals surface area contributed by atoms with E-state index >= 15 is 0 Å². The second kappa shape index (κ2) is 15.3. The molecular weight excluding hydrogens is 507 g/mol. The summed E-state index contributed by atoms with van der Waals surface area (Å²) in [5, 5.41) is 9.58. The van der Waals surface area contributed by atoms with E-state index in [1.165, 1.54) is 0 Å². The molecule has 0 heterocycles. The van der Waals surface area contributed by atoms with Crippen molar-refractivity contribution in [3.05, 3.63) is 24.3 Å². The summed E-state index contributed by atoms with van der Waals surface area (Å²) in [6.07, 6.45) is 3.04. The number of benzene rings is 1. The molecule has 0 aliphatic heterocycles. The third-order valence-electron chi connectivity index (χ3n) is 4.32. The van der Waals surface area contributed by atoms with Crippen LogP contribution in [0.15, 0.2) is 29.3 Å². The van der Waals surface area contributed by atoms with Crippen molar-refractivity contribution in [2.45, 2.75) is 53.1 Å². The van der Waals surface area contributed by atoms with Crippen LogP contribution in [0.25, 0.3) is 0 Å². The molecule has 1 aromatic rings. The van der Waals surface area contributed by atoms with E-state index in [1.54, 1.807) is 0 Å². The maximum atomic E-state index is 11.8. The molecule has 0 saturated heterocycles. The van der Waals surface area contributed by atoms with Gasteiger partial charge in [0.25, 0.3) is 0 Å². The average Bonchev–Trinajstić information content (AvgIpc) is 3.53. The number of nitrogens with one attached hydrogen (secondary N) is 3. The summed E-state index contributed by atoms with van der Waals surface area (Å²) in [6, 6.07) is 7.82. The minimum atomic E-state index is 0. The minimum Gasteiger partial charge on any atom is -0.491 e. The fourth-order valence-electron chi connectivity index (χ4n) is 2.70. The molecule has 7 nitrogen and oxygen atoms in total. The molecule has 0 aromatic heterocycles.